The van der Waals surface area contributed by atoms with E-state index in [0.29, 0.717) is 6.54 Å². The molecule has 1 aliphatic heterocycles. The summed E-state index contributed by atoms with van der Waals surface area (Å²) in [6.07, 6.45) is 3.68. The van der Waals surface area contributed by atoms with Gasteiger partial charge in [0.2, 0.25) is 0 Å². The smallest absolute Gasteiger partial charge is 0.271 e. The number of furan rings is 1. The zero-order valence-corrected chi connectivity index (χ0v) is 15.5. The van der Waals surface area contributed by atoms with Gasteiger partial charge in [0, 0.05) is 13.1 Å². The Bertz CT molecular complexity index is 857. The predicted molar refractivity (Wildman–Crippen MR) is 99.9 cm³/mol. The first-order valence-corrected chi connectivity index (χ1v) is 9.56. The summed E-state index contributed by atoms with van der Waals surface area (Å²) in [5.41, 5.74) is 1.88. The molecule has 1 saturated heterocycles. The SMILES string of the molecule is CN1CCC(N(Cc2ccco2)C(=O)c2cc3sccc3n2C)CC1. The van der Waals surface area contributed by atoms with Crippen LogP contribution in [0.4, 0.5) is 0 Å². The van der Waals surface area contributed by atoms with Crippen molar-refractivity contribution < 1.29 is 9.21 Å². The van der Waals surface area contributed by atoms with Gasteiger partial charge < -0.3 is 18.8 Å². The number of carbonyl (C=O) groups excluding carboxylic acids is 1. The van der Waals surface area contributed by atoms with Crippen LogP contribution >= 0.6 is 11.3 Å². The van der Waals surface area contributed by atoms with Crippen LogP contribution in [0, 0.1) is 0 Å². The molecule has 3 aromatic heterocycles. The van der Waals surface area contributed by atoms with Crippen molar-refractivity contribution in [2.45, 2.75) is 25.4 Å². The van der Waals surface area contributed by atoms with E-state index in [4.69, 9.17) is 4.42 Å². The molecule has 0 aliphatic carbocycles. The maximum absolute atomic E-state index is 13.4. The highest BCUT2D eigenvalue weighted by Crippen LogP contribution is 2.27. The normalized spacial score (nSPS) is 16.6. The highest BCUT2D eigenvalue weighted by molar-refractivity contribution is 7.17. The van der Waals surface area contributed by atoms with Gasteiger partial charge in [0.05, 0.1) is 23.0 Å². The number of rotatable bonds is 4. The lowest BCUT2D eigenvalue weighted by molar-refractivity contribution is 0.0541. The summed E-state index contributed by atoms with van der Waals surface area (Å²) in [5.74, 6) is 0.931. The number of hydrogen-bond acceptors (Lipinski definition) is 4. The minimum absolute atomic E-state index is 0.0943. The van der Waals surface area contributed by atoms with Crippen LogP contribution in [-0.2, 0) is 13.6 Å². The summed E-state index contributed by atoms with van der Waals surface area (Å²) in [4.78, 5) is 17.7. The minimum atomic E-state index is 0.0943. The Kier molecular flexibility index (Phi) is 4.39. The number of nitrogens with zero attached hydrogens (tertiary/aromatic N) is 3. The lowest BCUT2D eigenvalue weighted by Gasteiger charge is -2.37. The van der Waals surface area contributed by atoms with Gasteiger partial charge in [0.15, 0.2) is 0 Å². The molecule has 6 heteroatoms. The third-order valence-corrected chi connectivity index (χ3v) is 6.03. The second kappa shape index (κ2) is 6.69. The summed E-state index contributed by atoms with van der Waals surface area (Å²) < 4.78 is 8.70. The van der Waals surface area contributed by atoms with Gasteiger partial charge in [-0.25, -0.2) is 0 Å². The van der Waals surface area contributed by atoms with Gasteiger partial charge in [0.25, 0.3) is 5.91 Å². The van der Waals surface area contributed by atoms with Crippen molar-refractivity contribution in [1.82, 2.24) is 14.4 Å². The van der Waals surface area contributed by atoms with Crippen LogP contribution in [0.3, 0.4) is 0 Å². The second-order valence-corrected chi connectivity index (χ2v) is 7.75. The van der Waals surface area contributed by atoms with Crippen molar-refractivity contribution in [3.05, 3.63) is 47.4 Å². The fraction of sp³-hybridized carbons (Fsp3) is 0.421. The number of carbonyl (C=O) groups is 1. The third-order valence-electron chi connectivity index (χ3n) is 5.18. The molecule has 0 atom stereocenters. The number of likely N-dealkylation sites (tertiary alicyclic amines) is 1. The van der Waals surface area contributed by atoms with Gasteiger partial charge in [-0.15, -0.1) is 11.3 Å². The van der Waals surface area contributed by atoms with E-state index in [2.05, 4.69) is 23.4 Å². The number of piperidine rings is 1. The molecule has 3 aromatic rings. The van der Waals surface area contributed by atoms with Crippen LogP contribution in [0.15, 0.2) is 40.3 Å². The van der Waals surface area contributed by atoms with Crippen LogP contribution in [-0.4, -0.2) is 46.5 Å². The fourth-order valence-electron chi connectivity index (χ4n) is 3.65. The summed E-state index contributed by atoms with van der Waals surface area (Å²) in [6.45, 7) is 2.57. The molecule has 0 N–H and O–H groups in total. The van der Waals surface area contributed by atoms with Crippen molar-refractivity contribution in [3.63, 3.8) is 0 Å². The van der Waals surface area contributed by atoms with Crippen LogP contribution in [0.2, 0.25) is 0 Å². The Morgan fingerprint density at radius 3 is 2.80 bits per heavy atom. The van der Waals surface area contributed by atoms with E-state index in [9.17, 15) is 4.79 Å². The van der Waals surface area contributed by atoms with Gasteiger partial charge in [-0.3, -0.25) is 4.79 Å². The molecule has 1 fully saturated rings. The zero-order chi connectivity index (χ0) is 17.4. The highest BCUT2D eigenvalue weighted by atomic mass is 32.1. The number of aromatic nitrogens is 1. The van der Waals surface area contributed by atoms with E-state index in [-0.39, 0.29) is 11.9 Å². The highest BCUT2D eigenvalue weighted by Gasteiger charge is 2.30. The summed E-state index contributed by atoms with van der Waals surface area (Å²) >= 11 is 1.68. The molecular weight excluding hydrogens is 334 g/mol. The Balaban J connectivity index is 1.65. The molecule has 5 nitrogen and oxygen atoms in total. The zero-order valence-electron chi connectivity index (χ0n) is 14.6. The molecule has 4 rings (SSSR count). The Labute approximate surface area is 151 Å². The number of hydrogen-bond donors (Lipinski definition) is 0. The topological polar surface area (TPSA) is 41.6 Å². The first-order valence-electron chi connectivity index (χ1n) is 8.68. The Morgan fingerprint density at radius 2 is 2.12 bits per heavy atom. The maximum Gasteiger partial charge on any atom is 0.271 e. The number of amides is 1. The molecule has 0 saturated carbocycles. The van der Waals surface area contributed by atoms with Crippen LogP contribution in [0.25, 0.3) is 10.2 Å². The lowest BCUT2D eigenvalue weighted by atomic mass is 10.0. The van der Waals surface area contributed by atoms with Crippen LogP contribution in [0.1, 0.15) is 29.1 Å². The van der Waals surface area contributed by atoms with Crippen molar-refractivity contribution in [3.8, 4) is 0 Å². The molecule has 0 bridgehead atoms. The van der Waals surface area contributed by atoms with Crippen molar-refractivity contribution >= 4 is 27.5 Å². The van der Waals surface area contributed by atoms with E-state index in [0.717, 1.165) is 47.6 Å². The molecule has 1 aliphatic rings. The van der Waals surface area contributed by atoms with E-state index in [1.54, 1.807) is 17.6 Å². The molecule has 0 aromatic carbocycles. The fourth-order valence-corrected chi connectivity index (χ4v) is 4.50. The van der Waals surface area contributed by atoms with Gasteiger partial charge in [-0.05, 0) is 62.6 Å². The number of aryl methyl sites for hydroxylation is 1. The second-order valence-electron chi connectivity index (χ2n) is 6.81. The molecular formula is C19H23N3O2S. The standard InChI is InChI=1S/C19H23N3O2S/c1-20-8-5-14(6-9-20)22(13-15-4-3-10-24-15)19(23)17-12-18-16(21(17)2)7-11-25-18/h3-4,7,10-12,14H,5-6,8-9,13H2,1-2H3. The van der Waals surface area contributed by atoms with Crippen LogP contribution < -0.4 is 0 Å². The van der Waals surface area contributed by atoms with E-state index >= 15 is 0 Å². The van der Waals surface area contributed by atoms with Gasteiger partial charge in [-0.1, -0.05) is 0 Å². The summed E-state index contributed by atoms with van der Waals surface area (Å²) in [6, 6.07) is 8.17. The average molecular weight is 357 g/mol. The van der Waals surface area contributed by atoms with Crippen molar-refractivity contribution in [1.29, 1.82) is 0 Å². The predicted octanol–water partition coefficient (Wildman–Crippen LogP) is 3.57. The lowest BCUT2D eigenvalue weighted by Crippen LogP contribution is -2.46. The molecule has 132 valence electrons. The first-order chi connectivity index (χ1) is 12.1. The Hall–Kier alpha value is -2.05. The average Bonchev–Trinajstić information content (AvgIpc) is 3.33. The number of fused-ring (bicyclic) bond motifs is 1. The molecule has 0 spiro atoms. The monoisotopic (exact) mass is 357 g/mol. The molecule has 0 radical (unpaired) electrons. The summed E-state index contributed by atoms with van der Waals surface area (Å²) in [5, 5.41) is 2.07. The molecule has 0 unspecified atom stereocenters. The van der Waals surface area contributed by atoms with Crippen molar-refractivity contribution in [2.75, 3.05) is 20.1 Å². The van der Waals surface area contributed by atoms with Crippen molar-refractivity contribution in [2.24, 2.45) is 7.05 Å². The van der Waals surface area contributed by atoms with Gasteiger partial charge in [-0.2, -0.15) is 0 Å². The van der Waals surface area contributed by atoms with E-state index in [1.165, 1.54) is 0 Å². The molecule has 1 amide bonds. The quantitative estimate of drug-likeness (QED) is 0.717. The largest absolute Gasteiger partial charge is 0.467 e. The van der Waals surface area contributed by atoms with Crippen LogP contribution in [0.5, 0.6) is 0 Å². The van der Waals surface area contributed by atoms with Gasteiger partial charge in [0.1, 0.15) is 11.5 Å². The minimum Gasteiger partial charge on any atom is -0.467 e. The Morgan fingerprint density at radius 1 is 1.32 bits per heavy atom. The third kappa shape index (κ3) is 3.12. The molecule has 25 heavy (non-hydrogen) atoms. The van der Waals surface area contributed by atoms with E-state index < -0.39 is 0 Å². The molecule has 4 heterocycles. The van der Waals surface area contributed by atoms with Gasteiger partial charge >= 0.3 is 0 Å². The number of thiophene rings is 1. The maximum atomic E-state index is 13.4. The summed E-state index contributed by atoms with van der Waals surface area (Å²) in [7, 11) is 4.11. The van der Waals surface area contributed by atoms with E-state index in [1.807, 2.05) is 34.7 Å². The first kappa shape index (κ1) is 16.4.